The topological polar surface area (TPSA) is 97.1 Å². The Balaban J connectivity index is 2.54. The Morgan fingerprint density at radius 1 is 1.44 bits per heavy atom. The van der Waals surface area contributed by atoms with E-state index >= 15 is 0 Å². The van der Waals surface area contributed by atoms with Gasteiger partial charge in [0.15, 0.2) is 5.54 Å². The summed E-state index contributed by atoms with van der Waals surface area (Å²) in [7, 11) is 0. The summed E-state index contributed by atoms with van der Waals surface area (Å²) in [5.41, 5.74) is 4.96. The zero-order chi connectivity index (χ0) is 11.9. The minimum Gasteiger partial charge on any atom is -0.327 e. The minimum absolute atomic E-state index is 0.00537. The molecule has 3 amide bonds. The van der Waals surface area contributed by atoms with E-state index in [1.54, 1.807) is 0 Å². The Labute approximate surface area is 96.2 Å². The summed E-state index contributed by atoms with van der Waals surface area (Å²) in [5.74, 6) is -0.437. The van der Waals surface area contributed by atoms with Crippen LogP contribution < -0.4 is 16.4 Å². The van der Waals surface area contributed by atoms with Gasteiger partial charge in [0.05, 0.1) is 10.7 Å². The number of hydrogen-bond donors (Lipinski definition) is 3. The molecule has 7 heteroatoms. The summed E-state index contributed by atoms with van der Waals surface area (Å²) < 4.78 is 0. The fourth-order valence-electron chi connectivity index (χ4n) is 1.82. The maximum Gasteiger partial charge on any atom is 0.322 e. The highest BCUT2D eigenvalue weighted by atomic mass is 32.1. The Kier molecular flexibility index (Phi) is 2.43. The highest BCUT2D eigenvalue weighted by Gasteiger charge is 2.49. The van der Waals surface area contributed by atoms with Gasteiger partial charge < -0.3 is 11.1 Å². The number of rotatable bonds is 2. The fraction of sp³-hybridized carbons (Fsp3) is 0.444. The largest absolute Gasteiger partial charge is 0.327 e. The zero-order valence-electron chi connectivity index (χ0n) is 8.96. The third kappa shape index (κ3) is 1.40. The Morgan fingerprint density at radius 2 is 2.12 bits per heavy atom. The lowest BCUT2D eigenvalue weighted by Gasteiger charge is -2.22. The molecule has 1 saturated heterocycles. The molecular formula is C9H12N4O2S. The number of hydrogen-bond acceptors (Lipinski definition) is 5. The average molecular weight is 240 g/mol. The van der Waals surface area contributed by atoms with Gasteiger partial charge in [-0.2, -0.15) is 0 Å². The van der Waals surface area contributed by atoms with E-state index in [-0.39, 0.29) is 6.54 Å². The van der Waals surface area contributed by atoms with Gasteiger partial charge in [0.25, 0.3) is 5.91 Å². The summed E-state index contributed by atoms with van der Waals surface area (Å²) in [6.45, 7) is 3.70. The molecule has 0 aromatic carbocycles. The number of imide groups is 1. The van der Waals surface area contributed by atoms with Gasteiger partial charge in [-0.1, -0.05) is 0 Å². The van der Waals surface area contributed by atoms with Gasteiger partial charge in [-0.3, -0.25) is 10.1 Å². The van der Waals surface area contributed by atoms with E-state index in [9.17, 15) is 9.59 Å². The van der Waals surface area contributed by atoms with E-state index in [4.69, 9.17) is 5.73 Å². The first-order chi connectivity index (χ1) is 7.49. The molecule has 0 bridgehead atoms. The number of nitrogens with zero attached hydrogens (tertiary/aromatic N) is 1. The quantitative estimate of drug-likeness (QED) is 0.621. The fourth-order valence-corrected chi connectivity index (χ4v) is 2.72. The molecule has 1 atom stereocenters. The molecule has 2 rings (SSSR count). The maximum atomic E-state index is 11.8. The summed E-state index contributed by atoms with van der Waals surface area (Å²) >= 11 is 1.48. The Bertz CT molecular complexity index is 470. The summed E-state index contributed by atoms with van der Waals surface area (Å²) in [6, 6.07) is -0.527. The van der Waals surface area contributed by atoms with Gasteiger partial charge in [0.2, 0.25) is 0 Å². The second-order valence-corrected chi connectivity index (χ2v) is 5.06. The van der Waals surface area contributed by atoms with Crippen molar-refractivity contribution in [1.82, 2.24) is 15.6 Å². The molecule has 1 aliphatic heterocycles. The molecule has 1 fully saturated rings. The van der Waals surface area contributed by atoms with Crippen molar-refractivity contribution in [3.8, 4) is 0 Å². The molecular weight excluding hydrogens is 228 g/mol. The molecule has 1 aromatic rings. The molecule has 1 aliphatic rings. The van der Waals surface area contributed by atoms with Crippen LogP contribution in [0, 0.1) is 13.8 Å². The molecule has 86 valence electrons. The molecule has 0 aliphatic carbocycles. The molecule has 6 nitrogen and oxygen atoms in total. The molecule has 1 aromatic heterocycles. The van der Waals surface area contributed by atoms with Crippen LogP contribution in [0.1, 0.15) is 15.6 Å². The smallest absolute Gasteiger partial charge is 0.322 e. The highest BCUT2D eigenvalue weighted by Crippen LogP contribution is 2.29. The third-order valence-electron chi connectivity index (χ3n) is 2.56. The molecule has 2 heterocycles. The highest BCUT2D eigenvalue weighted by molar-refractivity contribution is 7.11. The van der Waals surface area contributed by atoms with Crippen molar-refractivity contribution in [3.63, 3.8) is 0 Å². The first-order valence-corrected chi connectivity index (χ1v) is 5.59. The Hall–Kier alpha value is -1.47. The van der Waals surface area contributed by atoms with Crippen LogP contribution in [0.25, 0.3) is 0 Å². The second kappa shape index (κ2) is 3.53. The summed E-state index contributed by atoms with van der Waals surface area (Å²) in [6.07, 6.45) is 0. The number of carbonyl (C=O) groups excluding carboxylic acids is 2. The van der Waals surface area contributed by atoms with E-state index in [0.29, 0.717) is 5.69 Å². The van der Waals surface area contributed by atoms with E-state index in [0.717, 1.165) is 9.88 Å². The monoisotopic (exact) mass is 240 g/mol. The number of aryl methyl sites for hydroxylation is 2. The number of carbonyl (C=O) groups is 2. The normalized spacial score (nSPS) is 24.4. The van der Waals surface area contributed by atoms with Crippen LogP contribution in [0.4, 0.5) is 4.79 Å². The average Bonchev–Trinajstić information content (AvgIpc) is 2.67. The molecule has 4 N–H and O–H groups in total. The van der Waals surface area contributed by atoms with Crippen LogP contribution in [0.5, 0.6) is 0 Å². The molecule has 16 heavy (non-hydrogen) atoms. The number of aromatic nitrogens is 1. The van der Waals surface area contributed by atoms with Gasteiger partial charge in [-0.15, -0.1) is 11.3 Å². The van der Waals surface area contributed by atoms with Gasteiger partial charge in [0, 0.05) is 11.4 Å². The number of urea groups is 1. The van der Waals surface area contributed by atoms with Crippen LogP contribution in [-0.2, 0) is 10.3 Å². The van der Waals surface area contributed by atoms with Gasteiger partial charge in [-0.05, 0) is 13.8 Å². The Morgan fingerprint density at radius 3 is 2.50 bits per heavy atom. The SMILES string of the molecule is Cc1nc([C@@]2(CN)NC(=O)NC2=O)c(C)s1. The number of thiazole rings is 1. The van der Waals surface area contributed by atoms with Crippen molar-refractivity contribution in [2.45, 2.75) is 19.4 Å². The number of nitrogens with one attached hydrogen (secondary N) is 2. The predicted octanol–water partition coefficient (Wildman–Crippen LogP) is -0.247. The van der Waals surface area contributed by atoms with E-state index in [2.05, 4.69) is 15.6 Å². The maximum absolute atomic E-state index is 11.8. The summed E-state index contributed by atoms with van der Waals surface area (Å²) in [5, 5.41) is 5.59. The standard InChI is InChI=1S/C9H12N4O2S/c1-4-6(11-5(2)16-4)9(3-10)7(14)12-8(15)13-9/h3,10H2,1-2H3,(H2,12,13,14,15)/t9-/m1/s1. The number of amides is 3. The van der Waals surface area contributed by atoms with Crippen molar-refractivity contribution < 1.29 is 9.59 Å². The van der Waals surface area contributed by atoms with Crippen molar-refractivity contribution in [3.05, 3.63) is 15.6 Å². The van der Waals surface area contributed by atoms with Crippen LogP contribution in [0.3, 0.4) is 0 Å². The van der Waals surface area contributed by atoms with Crippen molar-refractivity contribution >= 4 is 23.3 Å². The molecule has 0 saturated carbocycles. The van der Waals surface area contributed by atoms with Gasteiger partial charge in [-0.25, -0.2) is 9.78 Å². The van der Waals surface area contributed by atoms with Crippen LogP contribution in [0.15, 0.2) is 0 Å². The van der Waals surface area contributed by atoms with E-state index in [1.165, 1.54) is 11.3 Å². The van der Waals surface area contributed by atoms with Gasteiger partial charge in [0.1, 0.15) is 0 Å². The molecule has 0 unspecified atom stereocenters. The van der Waals surface area contributed by atoms with Crippen molar-refractivity contribution in [2.24, 2.45) is 5.73 Å². The van der Waals surface area contributed by atoms with Gasteiger partial charge >= 0.3 is 6.03 Å². The lowest BCUT2D eigenvalue weighted by Crippen LogP contribution is -2.50. The van der Waals surface area contributed by atoms with Crippen molar-refractivity contribution in [2.75, 3.05) is 6.54 Å². The first kappa shape index (κ1) is 11.0. The minimum atomic E-state index is -1.20. The predicted molar refractivity (Wildman–Crippen MR) is 59.0 cm³/mol. The lowest BCUT2D eigenvalue weighted by molar-refractivity contribution is -0.124. The summed E-state index contributed by atoms with van der Waals surface area (Å²) in [4.78, 5) is 28.2. The third-order valence-corrected chi connectivity index (χ3v) is 3.44. The van der Waals surface area contributed by atoms with E-state index < -0.39 is 17.5 Å². The second-order valence-electron chi connectivity index (χ2n) is 3.66. The number of nitrogens with two attached hydrogens (primary N) is 1. The van der Waals surface area contributed by atoms with Crippen LogP contribution in [-0.4, -0.2) is 23.5 Å². The first-order valence-electron chi connectivity index (χ1n) is 4.78. The van der Waals surface area contributed by atoms with Crippen LogP contribution in [0.2, 0.25) is 0 Å². The zero-order valence-corrected chi connectivity index (χ0v) is 9.77. The molecule has 0 spiro atoms. The lowest BCUT2D eigenvalue weighted by atomic mass is 9.95. The van der Waals surface area contributed by atoms with Crippen LogP contribution >= 0.6 is 11.3 Å². The molecule has 0 radical (unpaired) electrons. The van der Waals surface area contributed by atoms with E-state index in [1.807, 2.05) is 13.8 Å². The van der Waals surface area contributed by atoms with Crippen molar-refractivity contribution in [1.29, 1.82) is 0 Å².